The van der Waals surface area contributed by atoms with Crippen molar-refractivity contribution in [3.8, 4) is 0 Å². The predicted octanol–water partition coefficient (Wildman–Crippen LogP) is 3.21. The highest BCUT2D eigenvalue weighted by molar-refractivity contribution is 5.52. The Hall–Kier alpha value is -1.09. The Morgan fingerprint density at radius 3 is 2.95 bits per heavy atom. The molecular weight excluding hydrogens is 246 g/mol. The first kappa shape index (κ1) is 13.9. The lowest BCUT2D eigenvalue weighted by atomic mass is 9.75. The third-order valence-corrected chi connectivity index (χ3v) is 5.08. The van der Waals surface area contributed by atoms with E-state index in [9.17, 15) is 0 Å². The van der Waals surface area contributed by atoms with Gasteiger partial charge in [-0.15, -0.1) is 0 Å². The van der Waals surface area contributed by atoms with Crippen LogP contribution in [0.15, 0.2) is 18.5 Å². The highest BCUT2D eigenvalue weighted by atomic mass is 15.1. The Morgan fingerprint density at radius 2 is 2.10 bits per heavy atom. The highest BCUT2D eigenvalue weighted by Crippen LogP contribution is 2.37. The Labute approximate surface area is 122 Å². The Bertz CT molecular complexity index is 432. The minimum absolute atomic E-state index is 0.921. The minimum atomic E-state index is 0.921. The molecule has 1 aliphatic carbocycles. The number of nitrogens with zero attached hydrogens (tertiary/aromatic N) is 2. The van der Waals surface area contributed by atoms with E-state index in [1.54, 1.807) is 0 Å². The number of fused-ring (bicyclic) bond motifs is 1. The van der Waals surface area contributed by atoms with Crippen molar-refractivity contribution in [1.82, 2.24) is 10.3 Å². The molecule has 3 heteroatoms. The summed E-state index contributed by atoms with van der Waals surface area (Å²) in [7, 11) is 0. The zero-order valence-electron chi connectivity index (χ0n) is 12.6. The van der Waals surface area contributed by atoms with Gasteiger partial charge in [0, 0.05) is 25.8 Å². The zero-order chi connectivity index (χ0) is 13.8. The van der Waals surface area contributed by atoms with Gasteiger partial charge in [-0.05, 0) is 42.9 Å². The van der Waals surface area contributed by atoms with E-state index < -0.39 is 0 Å². The number of piperidine rings is 1. The maximum absolute atomic E-state index is 4.36. The van der Waals surface area contributed by atoms with Gasteiger partial charge in [-0.3, -0.25) is 4.98 Å². The van der Waals surface area contributed by atoms with E-state index >= 15 is 0 Å². The van der Waals surface area contributed by atoms with E-state index in [1.165, 1.54) is 56.4 Å². The molecule has 0 spiro atoms. The molecule has 0 amide bonds. The van der Waals surface area contributed by atoms with Crippen molar-refractivity contribution in [2.45, 2.75) is 45.6 Å². The van der Waals surface area contributed by atoms with E-state index in [4.69, 9.17) is 0 Å². The van der Waals surface area contributed by atoms with E-state index in [2.05, 4.69) is 34.4 Å². The topological polar surface area (TPSA) is 28.2 Å². The average molecular weight is 273 g/mol. The fourth-order valence-corrected chi connectivity index (χ4v) is 3.93. The maximum Gasteiger partial charge on any atom is 0.0598 e. The summed E-state index contributed by atoms with van der Waals surface area (Å²) in [6, 6.07) is 2.17. The Kier molecular flexibility index (Phi) is 4.56. The van der Waals surface area contributed by atoms with Gasteiger partial charge in [0.15, 0.2) is 0 Å². The lowest BCUT2D eigenvalue weighted by molar-refractivity contribution is 0.202. The lowest BCUT2D eigenvalue weighted by Crippen LogP contribution is -2.42. The van der Waals surface area contributed by atoms with Gasteiger partial charge in [-0.2, -0.15) is 0 Å². The highest BCUT2D eigenvalue weighted by Gasteiger charge is 2.31. The molecule has 110 valence electrons. The summed E-state index contributed by atoms with van der Waals surface area (Å²) in [5, 5.41) is 3.45. The molecule has 0 radical (unpaired) electrons. The molecule has 3 nitrogen and oxygen atoms in total. The monoisotopic (exact) mass is 273 g/mol. The summed E-state index contributed by atoms with van der Waals surface area (Å²) in [5.41, 5.74) is 2.76. The molecule has 2 aliphatic rings. The fourth-order valence-electron chi connectivity index (χ4n) is 3.93. The Balaban J connectivity index is 1.72. The first-order chi connectivity index (χ1) is 9.88. The standard InChI is InChI=1S/C17H27N3/c1-2-18-11-15-7-9-19-12-17(15)20-10-8-14-5-3-4-6-16(14)13-20/h7,9,12,14,16,18H,2-6,8,10-11,13H2,1H3. The van der Waals surface area contributed by atoms with Gasteiger partial charge in [0.05, 0.1) is 11.9 Å². The number of hydrogen-bond acceptors (Lipinski definition) is 3. The van der Waals surface area contributed by atoms with Gasteiger partial charge < -0.3 is 10.2 Å². The van der Waals surface area contributed by atoms with Crippen molar-refractivity contribution < 1.29 is 0 Å². The lowest BCUT2D eigenvalue weighted by Gasteiger charge is -2.42. The summed E-state index contributed by atoms with van der Waals surface area (Å²) in [6.45, 7) is 6.60. The van der Waals surface area contributed by atoms with Crippen LogP contribution in [0.4, 0.5) is 5.69 Å². The predicted molar refractivity (Wildman–Crippen MR) is 83.9 cm³/mol. The number of aromatic nitrogens is 1. The molecule has 1 aromatic rings. The molecule has 0 bridgehead atoms. The number of nitrogens with one attached hydrogen (secondary N) is 1. The molecular formula is C17H27N3. The molecule has 0 aromatic carbocycles. The SMILES string of the molecule is CCNCc1ccncc1N1CCC2CCCCC2C1. The normalized spacial score (nSPS) is 26.4. The minimum Gasteiger partial charge on any atom is -0.370 e. The summed E-state index contributed by atoms with van der Waals surface area (Å²) in [6.07, 6.45) is 11.2. The van der Waals surface area contributed by atoms with E-state index in [-0.39, 0.29) is 0 Å². The Morgan fingerprint density at radius 1 is 1.25 bits per heavy atom. The second-order valence-electron chi connectivity index (χ2n) is 6.32. The largest absolute Gasteiger partial charge is 0.370 e. The van der Waals surface area contributed by atoms with Crippen LogP contribution in [-0.4, -0.2) is 24.6 Å². The summed E-state index contributed by atoms with van der Waals surface area (Å²) >= 11 is 0. The van der Waals surface area contributed by atoms with Crippen LogP contribution in [0.3, 0.4) is 0 Å². The molecule has 2 fully saturated rings. The molecule has 1 N–H and O–H groups in total. The number of hydrogen-bond donors (Lipinski definition) is 1. The summed E-state index contributed by atoms with van der Waals surface area (Å²) in [5.74, 6) is 1.92. The van der Waals surface area contributed by atoms with Gasteiger partial charge in [-0.1, -0.05) is 26.2 Å². The molecule has 1 saturated heterocycles. The van der Waals surface area contributed by atoms with Crippen molar-refractivity contribution in [1.29, 1.82) is 0 Å². The number of rotatable bonds is 4. The summed E-state index contributed by atoms with van der Waals surface area (Å²) in [4.78, 5) is 6.95. The molecule has 1 saturated carbocycles. The molecule has 1 aliphatic heterocycles. The van der Waals surface area contributed by atoms with Crippen molar-refractivity contribution in [2.24, 2.45) is 11.8 Å². The quantitative estimate of drug-likeness (QED) is 0.913. The second kappa shape index (κ2) is 6.57. The van der Waals surface area contributed by atoms with E-state index in [1.807, 2.05) is 6.20 Å². The number of anilines is 1. The molecule has 2 heterocycles. The van der Waals surface area contributed by atoms with Gasteiger partial charge >= 0.3 is 0 Å². The molecule has 20 heavy (non-hydrogen) atoms. The first-order valence-electron chi connectivity index (χ1n) is 8.27. The second-order valence-corrected chi connectivity index (χ2v) is 6.32. The maximum atomic E-state index is 4.36. The van der Waals surface area contributed by atoms with Gasteiger partial charge in [0.1, 0.15) is 0 Å². The smallest absolute Gasteiger partial charge is 0.0598 e. The van der Waals surface area contributed by atoms with Crippen LogP contribution in [0.5, 0.6) is 0 Å². The fraction of sp³-hybridized carbons (Fsp3) is 0.706. The third kappa shape index (κ3) is 2.98. The third-order valence-electron chi connectivity index (χ3n) is 5.08. The van der Waals surface area contributed by atoms with Gasteiger partial charge in [0.2, 0.25) is 0 Å². The molecule has 1 aromatic heterocycles. The van der Waals surface area contributed by atoms with Gasteiger partial charge in [0.25, 0.3) is 0 Å². The zero-order valence-corrected chi connectivity index (χ0v) is 12.6. The van der Waals surface area contributed by atoms with Crippen molar-refractivity contribution >= 4 is 5.69 Å². The van der Waals surface area contributed by atoms with Crippen LogP contribution in [0.25, 0.3) is 0 Å². The van der Waals surface area contributed by atoms with Crippen LogP contribution in [0.1, 0.15) is 44.6 Å². The van der Waals surface area contributed by atoms with E-state index in [0.717, 1.165) is 24.9 Å². The molecule has 3 rings (SSSR count). The van der Waals surface area contributed by atoms with Crippen LogP contribution < -0.4 is 10.2 Å². The van der Waals surface area contributed by atoms with Crippen molar-refractivity contribution in [3.63, 3.8) is 0 Å². The average Bonchev–Trinajstić information content (AvgIpc) is 2.53. The van der Waals surface area contributed by atoms with Crippen molar-refractivity contribution in [2.75, 3.05) is 24.5 Å². The van der Waals surface area contributed by atoms with Crippen LogP contribution in [0.2, 0.25) is 0 Å². The molecule has 2 atom stereocenters. The first-order valence-corrected chi connectivity index (χ1v) is 8.27. The summed E-state index contributed by atoms with van der Waals surface area (Å²) < 4.78 is 0. The molecule has 2 unspecified atom stereocenters. The van der Waals surface area contributed by atoms with Crippen LogP contribution in [-0.2, 0) is 6.54 Å². The van der Waals surface area contributed by atoms with Crippen molar-refractivity contribution in [3.05, 3.63) is 24.0 Å². The van der Waals surface area contributed by atoms with Crippen LogP contribution >= 0.6 is 0 Å². The number of pyridine rings is 1. The van der Waals surface area contributed by atoms with Gasteiger partial charge in [-0.25, -0.2) is 0 Å². The van der Waals surface area contributed by atoms with E-state index in [0.29, 0.717) is 0 Å². The van der Waals surface area contributed by atoms with Crippen LogP contribution in [0, 0.1) is 11.8 Å².